The summed E-state index contributed by atoms with van der Waals surface area (Å²) < 4.78 is 4.92. The van der Waals surface area contributed by atoms with E-state index in [-0.39, 0.29) is 6.42 Å². The second-order valence-corrected chi connectivity index (χ2v) is 4.25. The summed E-state index contributed by atoms with van der Waals surface area (Å²) in [5.74, 6) is -1.97. The molecule has 0 saturated carbocycles. The summed E-state index contributed by atoms with van der Waals surface area (Å²) in [7, 11) is 0. The fraction of sp³-hybridized carbons (Fsp3) is 0.333. The third kappa shape index (κ3) is 1.56. The standard InChI is InChI=1S/C12H12O4/c1-7-3-4-8-6-12(2,11(14)15)16-10(13)9(8)5-7/h3-5H,6H2,1-2H3,(H,14,15)/p-1/t12-/m1/s1. The maximum Gasteiger partial charge on any atom is 0.339 e. The topological polar surface area (TPSA) is 66.4 Å². The predicted octanol–water partition coefficient (Wildman–Crippen LogP) is 0.217. The number of carbonyl (C=O) groups is 2. The SMILES string of the molecule is Cc1ccc2c(c1)C(=O)O[C@@](C)(C(=O)[O-])C2. The smallest absolute Gasteiger partial charge is 0.339 e. The van der Waals surface area contributed by atoms with Crippen LogP contribution in [0.25, 0.3) is 0 Å². The van der Waals surface area contributed by atoms with Gasteiger partial charge >= 0.3 is 5.97 Å². The van der Waals surface area contributed by atoms with Gasteiger partial charge in [-0.15, -0.1) is 0 Å². The molecule has 0 radical (unpaired) electrons. The van der Waals surface area contributed by atoms with Crippen LogP contribution in [0.4, 0.5) is 0 Å². The third-order valence-corrected chi connectivity index (χ3v) is 2.76. The van der Waals surface area contributed by atoms with E-state index in [4.69, 9.17) is 4.74 Å². The summed E-state index contributed by atoms with van der Waals surface area (Å²) in [6, 6.07) is 5.30. The monoisotopic (exact) mass is 219 g/mol. The van der Waals surface area contributed by atoms with Crippen LogP contribution in [-0.2, 0) is 16.0 Å². The Balaban J connectivity index is 2.49. The van der Waals surface area contributed by atoms with E-state index in [1.807, 2.05) is 13.0 Å². The van der Waals surface area contributed by atoms with Crippen LogP contribution in [0.5, 0.6) is 0 Å². The van der Waals surface area contributed by atoms with Crippen LogP contribution in [0, 0.1) is 6.92 Å². The highest BCUT2D eigenvalue weighted by Crippen LogP contribution is 2.28. The van der Waals surface area contributed by atoms with Crippen molar-refractivity contribution in [3.8, 4) is 0 Å². The fourth-order valence-corrected chi connectivity index (χ4v) is 1.81. The lowest BCUT2D eigenvalue weighted by molar-refractivity contribution is -0.323. The number of rotatable bonds is 1. The van der Waals surface area contributed by atoms with Gasteiger partial charge in [-0.25, -0.2) is 4.79 Å². The molecular weight excluding hydrogens is 208 g/mol. The van der Waals surface area contributed by atoms with Crippen molar-refractivity contribution < 1.29 is 19.4 Å². The number of aryl methyl sites for hydroxylation is 1. The molecule has 1 aliphatic heterocycles. The Kier molecular flexibility index (Phi) is 2.22. The van der Waals surface area contributed by atoms with Crippen molar-refractivity contribution in [2.75, 3.05) is 0 Å². The maximum atomic E-state index is 11.6. The molecule has 1 aromatic rings. The molecule has 0 spiro atoms. The van der Waals surface area contributed by atoms with Gasteiger partial charge in [-0.1, -0.05) is 17.7 Å². The van der Waals surface area contributed by atoms with E-state index in [1.165, 1.54) is 6.92 Å². The Morgan fingerprint density at radius 3 is 2.81 bits per heavy atom. The lowest BCUT2D eigenvalue weighted by Gasteiger charge is -2.35. The Bertz CT molecular complexity index is 478. The molecular formula is C12H11O4-. The molecule has 1 aromatic carbocycles. The van der Waals surface area contributed by atoms with Gasteiger partial charge < -0.3 is 14.6 Å². The Labute approximate surface area is 92.8 Å². The minimum absolute atomic E-state index is 0.149. The number of fused-ring (bicyclic) bond motifs is 1. The third-order valence-electron chi connectivity index (χ3n) is 2.76. The van der Waals surface area contributed by atoms with Gasteiger partial charge in [-0.2, -0.15) is 0 Å². The minimum atomic E-state index is -1.56. The lowest BCUT2D eigenvalue weighted by Crippen LogP contribution is -2.52. The van der Waals surface area contributed by atoms with Crippen molar-refractivity contribution in [2.24, 2.45) is 0 Å². The maximum absolute atomic E-state index is 11.6. The van der Waals surface area contributed by atoms with Crippen LogP contribution < -0.4 is 5.11 Å². The van der Waals surface area contributed by atoms with E-state index in [2.05, 4.69) is 0 Å². The first-order valence-corrected chi connectivity index (χ1v) is 4.97. The number of aliphatic carboxylic acids is 1. The lowest BCUT2D eigenvalue weighted by atomic mass is 9.89. The van der Waals surface area contributed by atoms with Crippen molar-refractivity contribution in [1.29, 1.82) is 0 Å². The number of hydrogen-bond acceptors (Lipinski definition) is 4. The molecule has 1 aliphatic rings. The van der Waals surface area contributed by atoms with E-state index < -0.39 is 17.5 Å². The number of carboxylic acids is 1. The van der Waals surface area contributed by atoms with Crippen molar-refractivity contribution in [2.45, 2.75) is 25.9 Å². The van der Waals surface area contributed by atoms with Crippen LogP contribution in [0.15, 0.2) is 18.2 Å². The molecule has 0 amide bonds. The highest BCUT2D eigenvalue weighted by Gasteiger charge is 2.37. The fourth-order valence-electron chi connectivity index (χ4n) is 1.81. The van der Waals surface area contributed by atoms with Gasteiger partial charge in [0, 0.05) is 6.42 Å². The first kappa shape index (κ1) is 10.7. The van der Waals surface area contributed by atoms with Gasteiger partial charge in [-0.3, -0.25) is 0 Å². The Hall–Kier alpha value is -1.84. The molecule has 0 aliphatic carbocycles. The number of ether oxygens (including phenoxy) is 1. The zero-order valence-electron chi connectivity index (χ0n) is 9.07. The van der Waals surface area contributed by atoms with E-state index >= 15 is 0 Å². The molecule has 4 nitrogen and oxygen atoms in total. The van der Waals surface area contributed by atoms with Gasteiger partial charge in [0.15, 0.2) is 5.60 Å². The molecule has 0 aromatic heterocycles. The van der Waals surface area contributed by atoms with Crippen molar-refractivity contribution >= 4 is 11.9 Å². The number of carboxylic acid groups (broad SMARTS) is 1. The Morgan fingerprint density at radius 2 is 2.19 bits per heavy atom. The molecule has 1 heterocycles. The first-order valence-electron chi connectivity index (χ1n) is 4.97. The number of cyclic esters (lactones) is 1. The summed E-state index contributed by atoms with van der Waals surface area (Å²) in [6.07, 6.45) is 0.149. The molecule has 0 saturated heterocycles. The van der Waals surface area contributed by atoms with Gasteiger partial charge in [0.05, 0.1) is 11.5 Å². The van der Waals surface area contributed by atoms with Crippen LogP contribution in [0.3, 0.4) is 0 Å². The van der Waals surface area contributed by atoms with E-state index in [0.717, 1.165) is 5.56 Å². The van der Waals surface area contributed by atoms with Crippen molar-refractivity contribution in [3.63, 3.8) is 0 Å². The molecule has 1 atom stereocenters. The highest BCUT2D eigenvalue weighted by molar-refractivity contribution is 5.95. The second kappa shape index (κ2) is 3.33. The average molecular weight is 219 g/mol. The summed E-state index contributed by atoms with van der Waals surface area (Å²) >= 11 is 0. The van der Waals surface area contributed by atoms with Crippen LogP contribution in [0.2, 0.25) is 0 Å². The Morgan fingerprint density at radius 1 is 1.50 bits per heavy atom. The van der Waals surface area contributed by atoms with Crippen LogP contribution >= 0.6 is 0 Å². The van der Waals surface area contributed by atoms with Crippen LogP contribution in [-0.4, -0.2) is 17.5 Å². The summed E-state index contributed by atoms with van der Waals surface area (Å²) in [6.45, 7) is 3.21. The molecule has 4 heteroatoms. The summed E-state index contributed by atoms with van der Waals surface area (Å²) in [5.41, 5.74) is 0.513. The largest absolute Gasteiger partial charge is 0.546 e. The highest BCUT2D eigenvalue weighted by atomic mass is 16.6. The summed E-state index contributed by atoms with van der Waals surface area (Å²) in [4.78, 5) is 22.6. The van der Waals surface area contributed by atoms with Gasteiger partial charge in [0.2, 0.25) is 0 Å². The molecule has 0 unspecified atom stereocenters. The molecule has 0 N–H and O–H groups in total. The molecule has 84 valence electrons. The number of hydrogen-bond donors (Lipinski definition) is 0. The number of benzene rings is 1. The number of esters is 1. The van der Waals surface area contributed by atoms with Crippen molar-refractivity contribution in [3.05, 3.63) is 34.9 Å². The van der Waals surface area contributed by atoms with E-state index in [0.29, 0.717) is 11.1 Å². The van der Waals surface area contributed by atoms with Gasteiger partial charge in [0.25, 0.3) is 0 Å². The normalized spacial score (nSPS) is 23.5. The molecule has 0 bridgehead atoms. The zero-order valence-corrected chi connectivity index (χ0v) is 9.07. The molecule has 2 rings (SSSR count). The molecule has 0 fully saturated rings. The second-order valence-electron chi connectivity index (χ2n) is 4.25. The van der Waals surface area contributed by atoms with Crippen molar-refractivity contribution in [1.82, 2.24) is 0 Å². The number of carbonyl (C=O) groups excluding carboxylic acids is 2. The predicted molar refractivity (Wildman–Crippen MR) is 53.7 cm³/mol. The van der Waals surface area contributed by atoms with Gasteiger partial charge in [0.1, 0.15) is 0 Å². The molecule has 16 heavy (non-hydrogen) atoms. The van der Waals surface area contributed by atoms with E-state index in [1.54, 1.807) is 12.1 Å². The van der Waals surface area contributed by atoms with Gasteiger partial charge in [-0.05, 0) is 25.5 Å². The van der Waals surface area contributed by atoms with E-state index in [9.17, 15) is 14.7 Å². The van der Waals surface area contributed by atoms with Crippen LogP contribution in [0.1, 0.15) is 28.4 Å². The summed E-state index contributed by atoms with van der Waals surface area (Å²) in [5, 5.41) is 10.9. The average Bonchev–Trinajstić information content (AvgIpc) is 2.19. The zero-order chi connectivity index (χ0) is 11.9. The first-order chi connectivity index (χ1) is 7.42. The minimum Gasteiger partial charge on any atom is -0.546 e. The quantitative estimate of drug-likeness (QED) is 0.633.